The summed E-state index contributed by atoms with van der Waals surface area (Å²) < 4.78 is 44.0. The molecule has 1 atom stereocenters. The van der Waals surface area contributed by atoms with Gasteiger partial charge in [-0.2, -0.15) is 13.2 Å². The summed E-state index contributed by atoms with van der Waals surface area (Å²) in [5, 5.41) is 0. The van der Waals surface area contributed by atoms with Crippen LogP contribution in [0, 0.1) is 23.7 Å². The average Bonchev–Trinajstić information content (AvgIpc) is 2.24. The van der Waals surface area contributed by atoms with Crippen LogP contribution in [0.3, 0.4) is 0 Å². The van der Waals surface area contributed by atoms with Crippen LogP contribution in [0.15, 0.2) is 0 Å². The van der Waals surface area contributed by atoms with Crippen LogP contribution in [-0.4, -0.2) is 17.7 Å². The molecule has 0 amide bonds. The molecule has 0 aliphatic heterocycles. The van der Waals surface area contributed by atoms with E-state index < -0.39 is 23.7 Å². The van der Waals surface area contributed by atoms with Crippen molar-refractivity contribution in [3.63, 3.8) is 0 Å². The van der Waals surface area contributed by atoms with Gasteiger partial charge in [0.05, 0.1) is 0 Å². The molecule has 4 bridgehead atoms. The van der Waals surface area contributed by atoms with E-state index in [9.17, 15) is 18.0 Å². The molecule has 0 heterocycles. The van der Waals surface area contributed by atoms with E-state index in [1.54, 1.807) is 0 Å². The number of alkyl halides is 3. The molecule has 0 saturated heterocycles. The minimum atomic E-state index is -4.49. The molecule has 4 aliphatic rings. The van der Waals surface area contributed by atoms with Crippen molar-refractivity contribution in [2.75, 3.05) is 0 Å². The van der Waals surface area contributed by atoms with Gasteiger partial charge in [0, 0.05) is 0 Å². The van der Waals surface area contributed by atoms with E-state index in [1.165, 1.54) is 26.2 Å². The zero-order valence-corrected chi connectivity index (χ0v) is 11.7. The van der Waals surface area contributed by atoms with Crippen molar-refractivity contribution in [2.45, 2.75) is 63.6 Å². The molecule has 0 aromatic carbocycles. The Morgan fingerprint density at radius 1 is 1.15 bits per heavy atom. The lowest BCUT2D eigenvalue weighted by atomic mass is 9.54. The van der Waals surface area contributed by atoms with Gasteiger partial charge in [-0.05, 0) is 62.7 Å². The highest BCUT2D eigenvalue weighted by Crippen LogP contribution is 2.57. The average molecular weight is 290 g/mol. The zero-order valence-electron chi connectivity index (χ0n) is 11.7. The zero-order chi connectivity index (χ0) is 14.5. The van der Waals surface area contributed by atoms with E-state index in [1.807, 2.05) is 0 Å². The molecule has 1 unspecified atom stereocenters. The number of carbonyl (C=O) groups excluding carboxylic acids is 1. The number of ether oxygens (including phenoxy) is 1. The molecule has 0 spiro atoms. The molecular formula is C15H21F3O2. The van der Waals surface area contributed by atoms with E-state index in [2.05, 4.69) is 0 Å². The number of carbonyl (C=O) groups is 1. The third-order valence-corrected chi connectivity index (χ3v) is 5.39. The Bertz CT molecular complexity index is 367. The Balaban J connectivity index is 1.72. The molecule has 114 valence electrons. The van der Waals surface area contributed by atoms with Crippen LogP contribution in [0.25, 0.3) is 0 Å². The summed E-state index contributed by atoms with van der Waals surface area (Å²) >= 11 is 0. The van der Waals surface area contributed by atoms with E-state index in [0.29, 0.717) is 17.8 Å². The second kappa shape index (κ2) is 4.63. The van der Waals surface area contributed by atoms with Gasteiger partial charge in [0.1, 0.15) is 5.60 Å². The van der Waals surface area contributed by atoms with Gasteiger partial charge in [-0.1, -0.05) is 6.92 Å². The minimum Gasteiger partial charge on any atom is -0.459 e. The van der Waals surface area contributed by atoms with Crippen LogP contribution >= 0.6 is 0 Å². The first kappa shape index (κ1) is 14.2. The molecule has 4 fully saturated rings. The molecule has 20 heavy (non-hydrogen) atoms. The van der Waals surface area contributed by atoms with Crippen LogP contribution in [0.1, 0.15) is 51.9 Å². The van der Waals surface area contributed by atoms with Crippen LogP contribution in [-0.2, 0) is 9.53 Å². The molecule has 4 rings (SSSR count). The van der Waals surface area contributed by atoms with Gasteiger partial charge >= 0.3 is 12.1 Å². The maximum absolute atomic E-state index is 12.8. The standard InChI is InChI=1S/C15H21F3O2/c1-2-12(15(16,17)18)13(19)20-14-6-9-3-10(7-14)5-11(4-9)8-14/h9-12H,2-8H2,1H3. The monoisotopic (exact) mass is 290 g/mol. The molecule has 0 aromatic heterocycles. The fraction of sp³-hybridized carbons (Fsp3) is 0.933. The van der Waals surface area contributed by atoms with Crippen molar-refractivity contribution in [1.82, 2.24) is 0 Å². The van der Waals surface area contributed by atoms with Gasteiger partial charge in [0.2, 0.25) is 0 Å². The van der Waals surface area contributed by atoms with Crippen molar-refractivity contribution in [1.29, 1.82) is 0 Å². The predicted molar refractivity (Wildman–Crippen MR) is 66.8 cm³/mol. The maximum atomic E-state index is 12.8. The van der Waals surface area contributed by atoms with Crippen molar-refractivity contribution in [2.24, 2.45) is 23.7 Å². The molecule has 0 N–H and O–H groups in total. The normalized spacial score (nSPS) is 40.7. The number of rotatable bonds is 3. The van der Waals surface area contributed by atoms with Crippen LogP contribution in [0.5, 0.6) is 0 Å². The summed E-state index contributed by atoms with van der Waals surface area (Å²) in [5.74, 6) is -1.35. The van der Waals surface area contributed by atoms with Gasteiger partial charge in [0.15, 0.2) is 5.92 Å². The predicted octanol–water partition coefficient (Wildman–Crippen LogP) is 4.09. The summed E-state index contributed by atoms with van der Waals surface area (Å²) in [6.45, 7) is 1.39. The quantitative estimate of drug-likeness (QED) is 0.732. The Hall–Kier alpha value is -0.740. The number of halogens is 3. The van der Waals surface area contributed by atoms with Crippen LogP contribution in [0.2, 0.25) is 0 Å². The Morgan fingerprint density at radius 3 is 1.95 bits per heavy atom. The molecular weight excluding hydrogens is 269 g/mol. The highest BCUT2D eigenvalue weighted by Gasteiger charge is 2.55. The summed E-state index contributed by atoms with van der Waals surface area (Å²) in [7, 11) is 0. The highest BCUT2D eigenvalue weighted by molar-refractivity contribution is 5.73. The lowest BCUT2D eigenvalue weighted by Crippen LogP contribution is -2.53. The van der Waals surface area contributed by atoms with Crippen molar-refractivity contribution < 1.29 is 22.7 Å². The van der Waals surface area contributed by atoms with Crippen molar-refractivity contribution in [3.05, 3.63) is 0 Å². The first-order chi connectivity index (χ1) is 9.31. The number of hydrogen-bond acceptors (Lipinski definition) is 2. The Morgan fingerprint density at radius 2 is 1.60 bits per heavy atom. The summed E-state index contributed by atoms with van der Waals surface area (Å²) in [6, 6.07) is 0. The number of hydrogen-bond donors (Lipinski definition) is 0. The van der Waals surface area contributed by atoms with E-state index >= 15 is 0 Å². The SMILES string of the molecule is CCC(C(=O)OC12CC3CC(CC(C3)C1)C2)C(F)(F)F. The Kier molecular flexibility index (Phi) is 3.29. The third kappa shape index (κ3) is 2.44. The Labute approximate surface area is 117 Å². The maximum Gasteiger partial charge on any atom is 0.402 e. The molecule has 2 nitrogen and oxygen atoms in total. The van der Waals surface area contributed by atoms with Crippen LogP contribution in [0.4, 0.5) is 13.2 Å². The minimum absolute atomic E-state index is 0.241. The van der Waals surface area contributed by atoms with Gasteiger partial charge < -0.3 is 4.74 Å². The fourth-order valence-corrected chi connectivity index (χ4v) is 4.97. The van der Waals surface area contributed by atoms with E-state index in [-0.39, 0.29) is 6.42 Å². The third-order valence-electron chi connectivity index (χ3n) is 5.39. The van der Waals surface area contributed by atoms with Gasteiger partial charge in [-0.15, -0.1) is 0 Å². The first-order valence-corrected chi connectivity index (χ1v) is 7.61. The molecule has 4 aliphatic carbocycles. The van der Waals surface area contributed by atoms with Crippen LogP contribution < -0.4 is 0 Å². The lowest BCUT2D eigenvalue weighted by Gasteiger charge is -2.55. The summed E-state index contributed by atoms with van der Waals surface area (Å²) in [6.07, 6.45) is 1.12. The van der Waals surface area contributed by atoms with Crippen molar-refractivity contribution >= 4 is 5.97 Å². The van der Waals surface area contributed by atoms with E-state index in [4.69, 9.17) is 4.74 Å². The lowest BCUT2D eigenvalue weighted by molar-refractivity contribution is -0.220. The largest absolute Gasteiger partial charge is 0.459 e. The summed E-state index contributed by atoms with van der Waals surface area (Å²) in [4.78, 5) is 12.0. The number of esters is 1. The molecule has 5 heteroatoms. The van der Waals surface area contributed by atoms with Gasteiger partial charge in [-0.25, -0.2) is 0 Å². The van der Waals surface area contributed by atoms with Crippen molar-refractivity contribution in [3.8, 4) is 0 Å². The second-order valence-electron chi connectivity index (χ2n) is 7.02. The molecule has 0 radical (unpaired) electrons. The van der Waals surface area contributed by atoms with E-state index in [0.717, 1.165) is 19.3 Å². The van der Waals surface area contributed by atoms with Gasteiger partial charge in [0.25, 0.3) is 0 Å². The highest BCUT2D eigenvalue weighted by atomic mass is 19.4. The summed E-state index contributed by atoms with van der Waals surface area (Å²) in [5.41, 5.74) is -0.579. The smallest absolute Gasteiger partial charge is 0.402 e. The first-order valence-electron chi connectivity index (χ1n) is 7.61. The fourth-order valence-electron chi connectivity index (χ4n) is 4.97. The molecule has 4 saturated carbocycles. The second-order valence-corrected chi connectivity index (χ2v) is 7.02. The van der Waals surface area contributed by atoms with Gasteiger partial charge in [-0.3, -0.25) is 4.79 Å². The topological polar surface area (TPSA) is 26.3 Å². The molecule has 0 aromatic rings.